The van der Waals surface area contributed by atoms with Gasteiger partial charge in [-0.1, -0.05) is 12.1 Å². The van der Waals surface area contributed by atoms with Gasteiger partial charge in [-0.25, -0.2) is 13.1 Å². The zero-order valence-corrected chi connectivity index (χ0v) is 15.9. The summed E-state index contributed by atoms with van der Waals surface area (Å²) in [7, 11) is 0.385. The van der Waals surface area contributed by atoms with Crippen molar-refractivity contribution in [2.45, 2.75) is 17.7 Å². The van der Waals surface area contributed by atoms with Crippen molar-refractivity contribution in [2.75, 3.05) is 19.0 Å². The van der Waals surface area contributed by atoms with E-state index in [1.54, 1.807) is 12.1 Å². The predicted molar refractivity (Wildman–Crippen MR) is 101 cm³/mol. The van der Waals surface area contributed by atoms with Crippen molar-refractivity contribution in [2.24, 2.45) is 0 Å². The number of aromatic nitrogens is 2. The zero-order valence-electron chi connectivity index (χ0n) is 14.3. The maximum absolute atomic E-state index is 12.5. The topological polar surface area (TPSA) is 78.1 Å². The van der Waals surface area contributed by atoms with Crippen LogP contribution in [0.2, 0.25) is 0 Å². The molecule has 25 heavy (non-hydrogen) atoms. The Balaban J connectivity index is 1.70. The summed E-state index contributed by atoms with van der Waals surface area (Å²) in [5.41, 5.74) is 3.67. The fourth-order valence-corrected chi connectivity index (χ4v) is 4.64. The van der Waals surface area contributed by atoms with E-state index in [-0.39, 0.29) is 10.8 Å². The van der Waals surface area contributed by atoms with E-state index in [0.717, 1.165) is 27.5 Å². The van der Waals surface area contributed by atoms with Gasteiger partial charge < -0.3 is 4.90 Å². The number of aryl methyl sites for hydroxylation is 1. The van der Waals surface area contributed by atoms with Crippen LogP contribution in [0.1, 0.15) is 11.3 Å². The minimum atomic E-state index is -3.55. The number of anilines is 1. The maximum atomic E-state index is 12.5. The smallest absolute Gasteiger partial charge is 0.250 e. The molecule has 6 nitrogen and oxygen atoms in total. The van der Waals surface area contributed by atoms with Crippen molar-refractivity contribution < 1.29 is 8.42 Å². The molecule has 0 bridgehead atoms. The van der Waals surface area contributed by atoms with Gasteiger partial charge in [0.05, 0.1) is 4.88 Å². The number of rotatable bonds is 6. The van der Waals surface area contributed by atoms with Gasteiger partial charge in [0.2, 0.25) is 10.0 Å². The summed E-state index contributed by atoms with van der Waals surface area (Å²) in [6.45, 7) is 2.16. The maximum Gasteiger partial charge on any atom is 0.250 e. The average molecular weight is 377 g/mol. The van der Waals surface area contributed by atoms with Gasteiger partial charge in [-0.2, -0.15) is 5.10 Å². The Kier molecular flexibility index (Phi) is 4.94. The molecule has 0 spiro atoms. The summed E-state index contributed by atoms with van der Waals surface area (Å²) in [5, 5.41) is 7.03. The van der Waals surface area contributed by atoms with Crippen LogP contribution >= 0.6 is 11.3 Å². The minimum absolute atomic E-state index is 0.255. The van der Waals surface area contributed by atoms with Gasteiger partial charge in [-0.15, -0.1) is 11.3 Å². The molecule has 3 aromatic rings. The van der Waals surface area contributed by atoms with E-state index in [9.17, 15) is 8.42 Å². The molecule has 1 aromatic carbocycles. The predicted octanol–water partition coefficient (Wildman–Crippen LogP) is 2.99. The van der Waals surface area contributed by atoms with Crippen LogP contribution in [0, 0.1) is 6.92 Å². The van der Waals surface area contributed by atoms with Crippen LogP contribution in [0.3, 0.4) is 0 Å². The monoisotopic (exact) mass is 376 g/mol. The number of sulfonamides is 1. The number of nitrogens with one attached hydrogen (secondary N) is 2. The number of aromatic amines is 1. The molecule has 0 fully saturated rings. The minimum Gasteiger partial charge on any atom is -0.378 e. The quantitative estimate of drug-likeness (QED) is 0.693. The number of hydrogen-bond acceptors (Lipinski definition) is 5. The Bertz CT molecular complexity index is 957. The Labute approximate surface area is 151 Å². The zero-order chi connectivity index (χ0) is 18.0. The fraction of sp³-hybridized carbons (Fsp3) is 0.235. The Hall–Kier alpha value is -2.16. The highest BCUT2D eigenvalue weighted by Crippen LogP contribution is 2.29. The molecule has 0 unspecified atom stereocenters. The van der Waals surface area contributed by atoms with Crippen molar-refractivity contribution in [3.8, 4) is 10.6 Å². The van der Waals surface area contributed by atoms with Gasteiger partial charge in [0.25, 0.3) is 0 Å². The number of benzene rings is 1. The van der Waals surface area contributed by atoms with Gasteiger partial charge in [0.15, 0.2) is 0 Å². The summed E-state index contributed by atoms with van der Waals surface area (Å²) < 4.78 is 27.9. The van der Waals surface area contributed by atoms with Crippen molar-refractivity contribution in [1.29, 1.82) is 0 Å². The van der Waals surface area contributed by atoms with Crippen molar-refractivity contribution in [1.82, 2.24) is 14.9 Å². The molecule has 0 aliphatic heterocycles. The average Bonchev–Trinajstić information content (AvgIpc) is 3.22. The summed E-state index contributed by atoms with van der Waals surface area (Å²) in [6, 6.07) is 13.1. The molecule has 0 amide bonds. The highest BCUT2D eigenvalue weighted by molar-refractivity contribution is 7.91. The summed E-state index contributed by atoms with van der Waals surface area (Å²) in [4.78, 5) is 2.82. The first kappa shape index (κ1) is 17.7. The number of thiophene rings is 1. The Morgan fingerprint density at radius 1 is 1.16 bits per heavy atom. The van der Waals surface area contributed by atoms with E-state index < -0.39 is 10.0 Å². The van der Waals surface area contributed by atoms with Crippen LogP contribution in [0.5, 0.6) is 0 Å². The molecule has 0 atom stereocenters. The third kappa shape index (κ3) is 4.09. The lowest BCUT2D eigenvalue weighted by molar-refractivity contribution is 0.583. The first-order valence-electron chi connectivity index (χ1n) is 7.73. The molecular weight excluding hydrogens is 356 g/mol. The van der Waals surface area contributed by atoms with E-state index >= 15 is 0 Å². The van der Waals surface area contributed by atoms with Gasteiger partial charge in [-0.05, 0) is 42.8 Å². The standard InChI is InChI=1S/C17H20N4O2S2/c1-12-10-15(20-19-12)16-8-9-17(24-16)25(22,23)18-11-13-4-6-14(7-5-13)21(2)3/h4-10,18H,11H2,1-3H3,(H,19,20). The summed E-state index contributed by atoms with van der Waals surface area (Å²) in [5.74, 6) is 0. The van der Waals surface area contributed by atoms with E-state index in [4.69, 9.17) is 0 Å². The molecule has 2 heterocycles. The van der Waals surface area contributed by atoms with E-state index in [1.165, 1.54) is 11.3 Å². The van der Waals surface area contributed by atoms with Crippen LogP contribution < -0.4 is 9.62 Å². The van der Waals surface area contributed by atoms with Gasteiger partial charge in [0.1, 0.15) is 9.90 Å². The molecule has 0 saturated carbocycles. The molecule has 0 aliphatic carbocycles. The second kappa shape index (κ2) is 6.99. The van der Waals surface area contributed by atoms with Crippen LogP contribution in [-0.4, -0.2) is 32.7 Å². The second-order valence-electron chi connectivity index (χ2n) is 5.94. The lowest BCUT2D eigenvalue weighted by Gasteiger charge is -2.12. The molecular formula is C17H20N4O2S2. The first-order valence-corrected chi connectivity index (χ1v) is 10.0. The molecule has 3 rings (SSSR count). The largest absolute Gasteiger partial charge is 0.378 e. The molecule has 0 radical (unpaired) electrons. The number of hydrogen-bond donors (Lipinski definition) is 2. The summed E-state index contributed by atoms with van der Waals surface area (Å²) in [6.07, 6.45) is 0. The molecule has 8 heteroatoms. The first-order chi connectivity index (χ1) is 11.8. The molecule has 132 valence electrons. The van der Waals surface area contributed by atoms with Gasteiger partial charge >= 0.3 is 0 Å². The van der Waals surface area contributed by atoms with E-state index in [1.807, 2.05) is 56.3 Å². The van der Waals surface area contributed by atoms with Crippen molar-refractivity contribution in [3.63, 3.8) is 0 Å². The molecule has 0 saturated heterocycles. The van der Waals surface area contributed by atoms with Crippen LogP contribution in [0.4, 0.5) is 5.69 Å². The highest BCUT2D eigenvalue weighted by atomic mass is 32.2. The molecule has 2 N–H and O–H groups in total. The van der Waals surface area contributed by atoms with Gasteiger partial charge in [0, 0.05) is 32.0 Å². The van der Waals surface area contributed by atoms with Crippen LogP contribution in [-0.2, 0) is 16.6 Å². The fourth-order valence-electron chi connectivity index (χ4n) is 2.31. The third-order valence-corrected chi connectivity index (χ3v) is 6.72. The van der Waals surface area contributed by atoms with Gasteiger partial charge in [-0.3, -0.25) is 5.10 Å². The molecule has 2 aromatic heterocycles. The van der Waals surface area contributed by atoms with Crippen LogP contribution in [0.15, 0.2) is 46.7 Å². The number of nitrogens with zero attached hydrogens (tertiary/aromatic N) is 2. The number of H-pyrrole nitrogens is 1. The van der Waals surface area contributed by atoms with E-state index in [2.05, 4.69) is 14.9 Å². The normalized spacial score (nSPS) is 11.6. The summed E-state index contributed by atoms with van der Waals surface area (Å²) >= 11 is 1.21. The SMILES string of the molecule is Cc1cc(-c2ccc(S(=O)(=O)NCc3ccc(N(C)C)cc3)s2)n[nH]1. The second-order valence-corrected chi connectivity index (χ2v) is 9.02. The van der Waals surface area contributed by atoms with Crippen LogP contribution in [0.25, 0.3) is 10.6 Å². The lowest BCUT2D eigenvalue weighted by Crippen LogP contribution is -2.22. The van der Waals surface area contributed by atoms with Crippen molar-refractivity contribution in [3.05, 3.63) is 53.7 Å². The molecule has 0 aliphatic rings. The third-order valence-electron chi connectivity index (χ3n) is 3.72. The Morgan fingerprint density at radius 2 is 1.88 bits per heavy atom. The highest BCUT2D eigenvalue weighted by Gasteiger charge is 2.18. The lowest BCUT2D eigenvalue weighted by atomic mass is 10.2. The van der Waals surface area contributed by atoms with Crippen molar-refractivity contribution >= 4 is 27.0 Å². The van der Waals surface area contributed by atoms with E-state index in [0.29, 0.717) is 0 Å². The Morgan fingerprint density at radius 3 is 2.48 bits per heavy atom.